The molecule has 15 heteroatoms. The van der Waals surface area contributed by atoms with E-state index >= 15 is 0 Å². The van der Waals surface area contributed by atoms with E-state index in [9.17, 15) is 19.5 Å². The van der Waals surface area contributed by atoms with Gasteiger partial charge in [-0.1, -0.05) is 38.2 Å². The lowest BCUT2D eigenvalue weighted by Gasteiger charge is -2.31. The molecule has 52 heavy (non-hydrogen) atoms. The van der Waals surface area contributed by atoms with Crippen LogP contribution in [0.4, 0.5) is 16.2 Å². The van der Waals surface area contributed by atoms with Crippen molar-refractivity contribution in [3.05, 3.63) is 59.7 Å². The number of carbonyl (C=O) groups excluding carboxylic acids is 3. The zero-order valence-electron chi connectivity index (χ0n) is 29.7. The number of carbonyl (C=O) groups is 3. The molecule has 0 spiro atoms. The van der Waals surface area contributed by atoms with Crippen LogP contribution in [0, 0.1) is 0 Å². The summed E-state index contributed by atoms with van der Waals surface area (Å²) >= 11 is 6.06. The van der Waals surface area contributed by atoms with Crippen LogP contribution < -0.4 is 23.8 Å². The van der Waals surface area contributed by atoms with Gasteiger partial charge in [0, 0.05) is 43.1 Å². The van der Waals surface area contributed by atoms with E-state index in [4.69, 9.17) is 23.7 Å². The standard InChI is InChI=1S/C37H44N4O9S2/c1-20(2)52-33(51)19-50-37(45)41-27-15-32(30(47-6)13-25(27)35(43)40-18-22(4)11-28(40)36(41)44)49-9-7-8-48-31-14-26-24(12-29(31)46-5)34(42)39-17-21(3)10-23(39)16-38-26/h12-16,20,23,28,33,36,44,51H,3-4,7-11,17-19H2,1-2,5-6H3/t23?,28-,33?,36?/m0/s1. The first-order valence-corrected chi connectivity index (χ1v) is 18.5. The number of ether oxygens (including phenoxy) is 5. The van der Waals surface area contributed by atoms with E-state index in [1.807, 2.05) is 13.8 Å². The van der Waals surface area contributed by atoms with Crippen molar-refractivity contribution in [2.45, 2.75) is 61.3 Å². The van der Waals surface area contributed by atoms with E-state index in [1.165, 1.54) is 43.0 Å². The molecule has 3 amide bonds. The van der Waals surface area contributed by atoms with Gasteiger partial charge >= 0.3 is 6.09 Å². The van der Waals surface area contributed by atoms with E-state index < -0.39 is 18.4 Å². The van der Waals surface area contributed by atoms with Crippen LogP contribution in [0.15, 0.2) is 53.6 Å². The molecule has 4 heterocycles. The zero-order chi connectivity index (χ0) is 37.3. The Bertz CT molecular complexity index is 1800. The highest BCUT2D eigenvalue weighted by molar-refractivity contribution is 8.10. The van der Waals surface area contributed by atoms with E-state index in [-0.39, 0.29) is 76.8 Å². The molecular weight excluding hydrogens is 709 g/mol. The van der Waals surface area contributed by atoms with Crippen LogP contribution in [-0.4, -0.2) is 114 Å². The fourth-order valence-corrected chi connectivity index (χ4v) is 8.36. The second kappa shape index (κ2) is 15.7. The average molecular weight is 753 g/mol. The Morgan fingerprint density at radius 3 is 2.23 bits per heavy atom. The van der Waals surface area contributed by atoms with Crippen molar-refractivity contribution < 1.29 is 43.2 Å². The van der Waals surface area contributed by atoms with Gasteiger partial charge in [0.1, 0.15) is 6.61 Å². The highest BCUT2D eigenvalue weighted by Gasteiger charge is 2.46. The normalized spacial score (nSPS) is 21.3. The predicted molar refractivity (Wildman–Crippen MR) is 202 cm³/mol. The first-order chi connectivity index (χ1) is 24.9. The number of benzene rings is 2. The molecule has 0 aliphatic carbocycles. The maximum atomic E-state index is 13.8. The number of aliphatic imine (C=N–C) groups is 1. The maximum Gasteiger partial charge on any atom is 0.416 e. The summed E-state index contributed by atoms with van der Waals surface area (Å²) in [6.07, 6.45) is 0.978. The summed E-state index contributed by atoms with van der Waals surface area (Å²) in [6.45, 7) is 13.2. The Balaban J connectivity index is 1.18. The number of aliphatic hydroxyl groups is 1. The molecule has 0 saturated carbocycles. The second-order valence-corrected chi connectivity index (χ2v) is 16.0. The summed E-state index contributed by atoms with van der Waals surface area (Å²) in [7, 11) is 2.97. The van der Waals surface area contributed by atoms with Gasteiger partial charge in [0.25, 0.3) is 11.8 Å². The van der Waals surface area contributed by atoms with Crippen molar-refractivity contribution in [1.29, 1.82) is 0 Å². The fraction of sp³-hybridized carbons (Fsp3) is 0.459. The lowest BCUT2D eigenvalue weighted by atomic mass is 10.1. The topological polar surface area (TPSA) is 140 Å². The van der Waals surface area contributed by atoms with Crippen LogP contribution in [-0.2, 0) is 4.74 Å². The smallest absolute Gasteiger partial charge is 0.416 e. The summed E-state index contributed by atoms with van der Waals surface area (Å²) in [5.41, 5.74) is 2.98. The zero-order valence-corrected chi connectivity index (χ0v) is 31.4. The fourth-order valence-electron chi connectivity index (χ4n) is 6.78. The van der Waals surface area contributed by atoms with Crippen molar-refractivity contribution in [2.24, 2.45) is 4.99 Å². The van der Waals surface area contributed by atoms with Crippen molar-refractivity contribution in [1.82, 2.24) is 9.80 Å². The minimum absolute atomic E-state index is 0.00926. The van der Waals surface area contributed by atoms with Crippen LogP contribution in [0.5, 0.6) is 23.0 Å². The minimum atomic E-state index is -1.41. The summed E-state index contributed by atoms with van der Waals surface area (Å²) in [4.78, 5) is 49.8. The number of thioether (sulfide) groups is 1. The van der Waals surface area contributed by atoms with E-state index in [0.29, 0.717) is 48.6 Å². The molecule has 2 aromatic rings. The van der Waals surface area contributed by atoms with E-state index in [2.05, 4.69) is 30.8 Å². The monoisotopic (exact) mass is 752 g/mol. The van der Waals surface area contributed by atoms with Crippen molar-refractivity contribution in [3.8, 4) is 23.0 Å². The van der Waals surface area contributed by atoms with Crippen molar-refractivity contribution >= 4 is 59.9 Å². The van der Waals surface area contributed by atoms with Crippen molar-refractivity contribution in [2.75, 3.05) is 52.0 Å². The molecule has 278 valence electrons. The van der Waals surface area contributed by atoms with Gasteiger partial charge in [-0.2, -0.15) is 12.6 Å². The number of hydrogen-bond acceptors (Lipinski definition) is 12. The van der Waals surface area contributed by atoms with Crippen molar-refractivity contribution in [3.63, 3.8) is 0 Å². The largest absolute Gasteiger partial charge is 0.493 e. The quantitative estimate of drug-likeness (QED) is 0.124. The Kier molecular flexibility index (Phi) is 11.3. The first-order valence-electron chi connectivity index (χ1n) is 17.1. The second-order valence-electron chi connectivity index (χ2n) is 13.3. The molecule has 6 rings (SSSR count). The number of nitrogens with zero attached hydrogens (tertiary/aromatic N) is 4. The van der Waals surface area contributed by atoms with Gasteiger partial charge in [0.05, 0.1) is 66.6 Å². The number of thiol groups is 1. The number of anilines is 1. The Morgan fingerprint density at radius 2 is 1.56 bits per heavy atom. The first kappa shape index (κ1) is 37.4. The molecule has 2 aromatic carbocycles. The molecule has 4 aliphatic rings. The third-order valence-corrected chi connectivity index (χ3v) is 10.7. The van der Waals surface area contributed by atoms with Crippen LogP contribution in [0.2, 0.25) is 0 Å². The van der Waals surface area contributed by atoms with Gasteiger partial charge in [-0.25, -0.2) is 9.69 Å². The van der Waals surface area contributed by atoms with Gasteiger partial charge in [-0.05, 0) is 25.0 Å². The van der Waals surface area contributed by atoms with Crippen LogP contribution >= 0.6 is 24.4 Å². The third-order valence-electron chi connectivity index (χ3n) is 9.16. The summed E-state index contributed by atoms with van der Waals surface area (Å²) < 4.78 is 28.7. The number of fused-ring (bicyclic) bond motifs is 4. The number of aliphatic hydroxyl groups excluding tert-OH is 1. The lowest BCUT2D eigenvalue weighted by molar-refractivity contribution is 0.0493. The molecule has 4 atom stereocenters. The molecule has 0 bridgehead atoms. The summed E-state index contributed by atoms with van der Waals surface area (Å²) in [5, 5.41) is 11.9. The molecule has 2 fully saturated rings. The van der Waals surface area contributed by atoms with Gasteiger partial charge < -0.3 is 38.6 Å². The van der Waals surface area contributed by atoms with Crippen LogP contribution in [0.1, 0.15) is 53.8 Å². The Morgan fingerprint density at radius 1 is 0.942 bits per heavy atom. The highest BCUT2D eigenvalue weighted by Crippen LogP contribution is 2.42. The molecule has 1 N–H and O–H groups in total. The number of amides is 3. The molecule has 2 saturated heterocycles. The molecule has 3 unspecified atom stereocenters. The van der Waals surface area contributed by atoms with Gasteiger partial charge in [-0.3, -0.25) is 14.6 Å². The van der Waals surface area contributed by atoms with Gasteiger partial charge in [0.15, 0.2) is 29.2 Å². The predicted octanol–water partition coefficient (Wildman–Crippen LogP) is 5.48. The number of methoxy groups -OCH3 is 2. The van der Waals surface area contributed by atoms with Crippen LogP contribution in [0.25, 0.3) is 0 Å². The number of rotatable bonds is 12. The summed E-state index contributed by atoms with van der Waals surface area (Å²) in [6, 6.07) is 5.53. The Labute approximate surface area is 313 Å². The van der Waals surface area contributed by atoms with Gasteiger partial charge in [0.2, 0.25) is 0 Å². The molecule has 0 radical (unpaired) electrons. The molecule has 13 nitrogen and oxygen atoms in total. The summed E-state index contributed by atoms with van der Waals surface area (Å²) in [5.74, 6) is 0.855. The molecule has 0 aromatic heterocycles. The minimum Gasteiger partial charge on any atom is -0.493 e. The van der Waals surface area contributed by atoms with Crippen LogP contribution in [0.3, 0.4) is 0 Å². The highest BCUT2D eigenvalue weighted by atomic mass is 32.2. The van der Waals surface area contributed by atoms with E-state index in [0.717, 1.165) is 16.0 Å². The number of hydrogen-bond donors (Lipinski definition) is 2. The maximum absolute atomic E-state index is 13.8. The van der Waals surface area contributed by atoms with E-state index in [1.54, 1.807) is 23.2 Å². The third kappa shape index (κ3) is 7.57. The molecule has 4 aliphatic heterocycles. The average Bonchev–Trinajstić information content (AvgIpc) is 3.65. The molecular formula is C37H44N4O9S2. The Hall–Kier alpha value is -4.34. The lowest BCUT2D eigenvalue weighted by Crippen LogP contribution is -2.51. The SMILES string of the molecule is C=C1CC2C=Nc3cc(OCCCOc4cc5c(cc4OC)C(=O)N4CC(=C)C[C@H]4C(O)N5C(=O)OCC(S)SC(C)C)c(OC)cc3C(=O)N2C1. The van der Waals surface area contributed by atoms with Gasteiger partial charge in [-0.15, -0.1) is 11.8 Å².